The molecule has 3 aliphatic rings. The van der Waals surface area contributed by atoms with Gasteiger partial charge in [0.2, 0.25) is 11.8 Å². The Balaban J connectivity index is 1.22. The first-order valence-corrected chi connectivity index (χ1v) is 14.9. The summed E-state index contributed by atoms with van der Waals surface area (Å²) in [6, 6.07) is 6.87. The molecule has 3 fully saturated rings. The fraction of sp³-hybridized carbons (Fsp3) is 0.600. The van der Waals surface area contributed by atoms with E-state index in [4.69, 9.17) is 0 Å². The van der Waals surface area contributed by atoms with Crippen molar-refractivity contribution in [2.45, 2.75) is 61.7 Å². The Morgan fingerprint density at radius 3 is 2.63 bits per heavy atom. The molecule has 2 aromatic rings. The maximum Gasteiger partial charge on any atom is 0.250 e. The molecule has 1 N–H and O–H groups in total. The van der Waals surface area contributed by atoms with Crippen LogP contribution >= 0.6 is 11.3 Å². The maximum absolute atomic E-state index is 13.2. The van der Waals surface area contributed by atoms with E-state index in [0.29, 0.717) is 19.4 Å². The van der Waals surface area contributed by atoms with Crippen molar-refractivity contribution >= 4 is 43.3 Å². The number of fused-ring (bicyclic) bond motifs is 1. The van der Waals surface area contributed by atoms with E-state index < -0.39 is 16.1 Å². The Labute approximate surface area is 211 Å². The summed E-state index contributed by atoms with van der Waals surface area (Å²) in [5.41, 5.74) is 1.07. The SMILES string of the molecule is Cc1ccc2sc(S(=O)(=O)NC3CCCN(CC(=O)N4CCCC4CN4CCCC4)C3=O)cc2c1. The third-order valence-electron chi connectivity index (χ3n) is 7.43. The quantitative estimate of drug-likeness (QED) is 0.609. The van der Waals surface area contributed by atoms with Gasteiger partial charge in [0, 0.05) is 30.4 Å². The maximum atomic E-state index is 13.2. The van der Waals surface area contributed by atoms with Crippen LogP contribution in [0.2, 0.25) is 0 Å². The van der Waals surface area contributed by atoms with E-state index in [1.54, 1.807) is 11.0 Å². The van der Waals surface area contributed by atoms with Gasteiger partial charge in [-0.25, -0.2) is 8.42 Å². The van der Waals surface area contributed by atoms with Crippen LogP contribution in [0, 0.1) is 6.92 Å². The van der Waals surface area contributed by atoms with Gasteiger partial charge in [-0.1, -0.05) is 17.7 Å². The zero-order valence-corrected chi connectivity index (χ0v) is 21.9. The average Bonchev–Trinajstić information content (AvgIpc) is 3.57. The average molecular weight is 519 g/mol. The number of hydrogen-bond donors (Lipinski definition) is 1. The van der Waals surface area contributed by atoms with Crippen molar-refractivity contribution < 1.29 is 18.0 Å². The van der Waals surface area contributed by atoms with Crippen LogP contribution in [0.1, 0.15) is 44.1 Å². The molecule has 0 aliphatic carbocycles. The number of sulfonamides is 1. The van der Waals surface area contributed by atoms with Gasteiger partial charge < -0.3 is 14.7 Å². The molecule has 190 valence electrons. The minimum atomic E-state index is -3.84. The summed E-state index contributed by atoms with van der Waals surface area (Å²) >= 11 is 1.20. The van der Waals surface area contributed by atoms with Gasteiger partial charge in [0.05, 0.1) is 6.54 Å². The van der Waals surface area contributed by atoms with Crippen LogP contribution in [0.25, 0.3) is 10.1 Å². The fourth-order valence-electron chi connectivity index (χ4n) is 5.59. The summed E-state index contributed by atoms with van der Waals surface area (Å²) in [5, 5.41) is 0.881. The second-order valence-corrected chi connectivity index (χ2v) is 13.1. The lowest BCUT2D eigenvalue weighted by molar-refractivity contribution is -0.143. The number of carbonyl (C=O) groups is 2. The third kappa shape index (κ3) is 5.40. The number of amides is 2. The van der Waals surface area contributed by atoms with E-state index in [-0.39, 0.29) is 28.6 Å². The van der Waals surface area contributed by atoms with Gasteiger partial charge in [0.15, 0.2) is 0 Å². The Morgan fingerprint density at radius 2 is 1.83 bits per heavy atom. The number of carbonyl (C=O) groups excluding carboxylic acids is 2. The predicted molar refractivity (Wildman–Crippen MR) is 137 cm³/mol. The fourth-order valence-corrected chi connectivity index (χ4v) is 8.21. The monoisotopic (exact) mass is 518 g/mol. The van der Waals surface area contributed by atoms with Gasteiger partial charge in [0.1, 0.15) is 10.3 Å². The molecule has 10 heteroatoms. The molecule has 1 aromatic carbocycles. The van der Waals surface area contributed by atoms with E-state index in [9.17, 15) is 18.0 Å². The number of rotatable bonds is 7. The van der Waals surface area contributed by atoms with E-state index in [0.717, 1.165) is 54.7 Å². The highest BCUT2D eigenvalue weighted by molar-refractivity contribution is 7.91. The summed E-state index contributed by atoms with van der Waals surface area (Å²) in [4.78, 5) is 32.3. The van der Waals surface area contributed by atoms with E-state index >= 15 is 0 Å². The molecule has 35 heavy (non-hydrogen) atoms. The molecular formula is C25H34N4O4S2. The molecule has 1 aromatic heterocycles. The lowest BCUT2D eigenvalue weighted by Crippen LogP contribution is -2.55. The Hall–Kier alpha value is -2.01. The van der Waals surface area contributed by atoms with Gasteiger partial charge in [-0.15, -0.1) is 11.3 Å². The molecule has 0 spiro atoms. The highest BCUT2D eigenvalue weighted by Crippen LogP contribution is 2.30. The molecule has 2 amide bonds. The summed E-state index contributed by atoms with van der Waals surface area (Å²) in [6.45, 7) is 6.33. The molecular weight excluding hydrogens is 484 g/mol. The Kier molecular flexibility index (Phi) is 7.16. The molecule has 5 rings (SSSR count). The minimum Gasteiger partial charge on any atom is -0.337 e. The van der Waals surface area contributed by atoms with Crippen LogP contribution in [-0.2, 0) is 19.6 Å². The van der Waals surface area contributed by atoms with E-state index in [1.165, 1.54) is 24.2 Å². The van der Waals surface area contributed by atoms with Crippen molar-refractivity contribution in [3.8, 4) is 0 Å². The molecule has 2 unspecified atom stereocenters. The van der Waals surface area contributed by atoms with Crippen molar-refractivity contribution in [3.05, 3.63) is 29.8 Å². The van der Waals surface area contributed by atoms with Gasteiger partial charge in [-0.05, 0) is 76.1 Å². The number of nitrogens with one attached hydrogen (secondary N) is 1. The van der Waals surface area contributed by atoms with Crippen LogP contribution < -0.4 is 4.72 Å². The van der Waals surface area contributed by atoms with Crippen molar-refractivity contribution in [2.24, 2.45) is 0 Å². The second kappa shape index (κ2) is 10.2. The smallest absolute Gasteiger partial charge is 0.250 e. The van der Waals surface area contributed by atoms with Crippen LogP contribution in [0.4, 0.5) is 0 Å². The molecule has 0 radical (unpaired) electrons. The van der Waals surface area contributed by atoms with E-state index in [2.05, 4.69) is 9.62 Å². The van der Waals surface area contributed by atoms with Crippen LogP contribution in [0.5, 0.6) is 0 Å². The number of nitrogens with zero attached hydrogens (tertiary/aromatic N) is 3. The van der Waals surface area contributed by atoms with Crippen molar-refractivity contribution in [2.75, 3.05) is 39.3 Å². The summed E-state index contributed by atoms with van der Waals surface area (Å²) in [5.74, 6) is -0.330. The predicted octanol–water partition coefficient (Wildman–Crippen LogP) is 2.57. The lowest BCUT2D eigenvalue weighted by atomic mass is 10.1. The van der Waals surface area contributed by atoms with Gasteiger partial charge in [-0.2, -0.15) is 4.72 Å². The molecule has 8 nitrogen and oxygen atoms in total. The van der Waals surface area contributed by atoms with Gasteiger partial charge in [0.25, 0.3) is 10.0 Å². The number of aryl methyl sites for hydroxylation is 1. The first-order chi connectivity index (χ1) is 16.8. The summed E-state index contributed by atoms with van der Waals surface area (Å²) in [6.07, 6.45) is 5.55. The topological polar surface area (TPSA) is 90.0 Å². The highest BCUT2D eigenvalue weighted by Gasteiger charge is 2.36. The first kappa shape index (κ1) is 24.7. The Bertz CT molecular complexity index is 1210. The minimum absolute atomic E-state index is 0.0235. The standard InChI is InChI=1S/C25H34N4O4S2/c1-18-8-9-22-19(14-18)15-24(34-22)35(32,33)26-21-7-5-12-28(25(21)31)17-23(30)29-13-4-6-20(29)16-27-10-2-3-11-27/h8-9,14-15,20-21,26H,2-7,10-13,16-17H2,1H3. The third-order valence-corrected chi connectivity index (χ3v) is 10.5. The van der Waals surface area contributed by atoms with Gasteiger partial charge in [-0.3, -0.25) is 9.59 Å². The molecule has 3 aliphatic heterocycles. The second-order valence-electron chi connectivity index (χ2n) is 10.1. The van der Waals surface area contributed by atoms with Crippen molar-refractivity contribution in [1.29, 1.82) is 0 Å². The number of likely N-dealkylation sites (tertiary alicyclic amines) is 3. The van der Waals surface area contributed by atoms with Crippen LogP contribution in [0.3, 0.4) is 0 Å². The Morgan fingerprint density at radius 1 is 1.06 bits per heavy atom. The number of hydrogen-bond acceptors (Lipinski definition) is 6. The molecule has 4 heterocycles. The van der Waals surface area contributed by atoms with Crippen LogP contribution in [-0.4, -0.2) is 86.3 Å². The van der Waals surface area contributed by atoms with Crippen molar-refractivity contribution in [3.63, 3.8) is 0 Å². The van der Waals surface area contributed by atoms with Gasteiger partial charge >= 0.3 is 0 Å². The van der Waals surface area contributed by atoms with E-state index in [1.807, 2.05) is 30.0 Å². The number of thiophene rings is 1. The van der Waals surface area contributed by atoms with Crippen LogP contribution in [0.15, 0.2) is 28.5 Å². The van der Waals surface area contributed by atoms with Crippen molar-refractivity contribution in [1.82, 2.24) is 19.4 Å². The summed E-state index contributed by atoms with van der Waals surface area (Å²) < 4.78 is 29.9. The normalized spacial score (nSPS) is 24.1. The zero-order chi connectivity index (χ0) is 24.6. The molecule has 0 saturated carbocycles. The number of piperidine rings is 1. The number of benzene rings is 1. The zero-order valence-electron chi connectivity index (χ0n) is 20.2. The largest absolute Gasteiger partial charge is 0.337 e. The molecule has 0 bridgehead atoms. The summed E-state index contributed by atoms with van der Waals surface area (Å²) in [7, 11) is -3.84. The highest BCUT2D eigenvalue weighted by atomic mass is 32.2. The molecule has 2 atom stereocenters. The first-order valence-electron chi connectivity index (χ1n) is 12.6. The lowest BCUT2D eigenvalue weighted by Gasteiger charge is -2.34. The molecule has 3 saturated heterocycles.